The van der Waals surface area contributed by atoms with E-state index in [4.69, 9.17) is 14.2 Å². The molecule has 0 saturated carbocycles. The number of carbonyl (C=O) groups excluding carboxylic acids is 1. The van der Waals surface area contributed by atoms with E-state index in [-0.39, 0.29) is 17.8 Å². The summed E-state index contributed by atoms with van der Waals surface area (Å²) in [6, 6.07) is 8.54. The van der Waals surface area contributed by atoms with Crippen molar-refractivity contribution in [3.05, 3.63) is 53.6 Å². The highest BCUT2D eigenvalue weighted by molar-refractivity contribution is 5.95. The topological polar surface area (TPSA) is 48.0 Å². The van der Waals surface area contributed by atoms with E-state index in [1.54, 1.807) is 23.1 Å². The molecule has 2 aromatic carbocycles. The first-order valence-corrected chi connectivity index (χ1v) is 8.64. The van der Waals surface area contributed by atoms with Crippen molar-refractivity contribution < 1.29 is 27.8 Å². The Bertz CT molecular complexity index is 797. The fraction of sp³-hybridized carbons (Fsp3) is 0.350. The van der Waals surface area contributed by atoms with Crippen molar-refractivity contribution in [1.29, 1.82) is 0 Å². The summed E-state index contributed by atoms with van der Waals surface area (Å²) in [6.45, 7) is 1.01. The second kappa shape index (κ2) is 8.24. The molecule has 1 fully saturated rings. The molecule has 0 unspecified atom stereocenters. The zero-order valence-electron chi connectivity index (χ0n) is 15.2. The molecule has 0 atom stereocenters. The van der Waals surface area contributed by atoms with Gasteiger partial charge in [-0.05, 0) is 24.3 Å². The van der Waals surface area contributed by atoms with Crippen LogP contribution in [0.5, 0.6) is 17.2 Å². The lowest BCUT2D eigenvalue weighted by Crippen LogP contribution is -2.41. The summed E-state index contributed by atoms with van der Waals surface area (Å²) >= 11 is 0. The fourth-order valence-electron chi connectivity index (χ4n) is 3.03. The Kier molecular flexibility index (Phi) is 5.78. The minimum atomic E-state index is -0.938. The first-order chi connectivity index (χ1) is 13.0. The molecule has 1 amide bonds. The molecule has 5 nitrogen and oxygen atoms in total. The number of hydrogen-bond donors (Lipinski definition) is 0. The first kappa shape index (κ1) is 18.9. The normalized spacial score (nSPS) is 14.7. The van der Waals surface area contributed by atoms with Crippen LogP contribution in [0.1, 0.15) is 23.2 Å². The monoisotopic (exact) mass is 377 g/mol. The Morgan fingerprint density at radius 2 is 1.56 bits per heavy atom. The Balaban J connectivity index is 1.61. The number of hydrogen-bond acceptors (Lipinski definition) is 4. The number of piperidine rings is 1. The van der Waals surface area contributed by atoms with Gasteiger partial charge in [0.15, 0.2) is 11.6 Å². The summed E-state index contributed by atoms with van der Waals surface area (Å²) in [5, 5.41) is 0. The minimum absolute atomic E-state index is 0.113. The molecular weight excluding hydrogens is 356 g/mol. The molecule has 0 aliphatic carbocycles. The molecule has 0 bridgehead atoms. The predicted octanol–water partition coefficient (Wildman–Crippen LogP) is 3.67. The first-order valence-electron chi connectivity index (χ1n) is 8.64. The van der Waals surface area contributed by atoms with Gasteiger partial charge >= 0.3 is 0 Å². The van der Waals surface area contributed by atoms with Crippen LogP contribution in [0.4, 0.5) is 8.78 Å². The van der Waals surface area contributed by atoms with Crippen molar-refractivity contribution in [2.45, 2.75) is 18.9 Å². The second-order valence-corrected chi connectivity index (χ2v) is 6.29. The van der Waals surface area contributed by atoms with Gasteiger partial charge in [0.25, 0.3) is 5.91 Å². The van der Waals surface area contributed by atoms with E-state index in [0.717, 1.165) is 12.1 Å². The summed E-state index contributed by atoms with van der Waals surface area (Å²) in [5.74, 6) is -0.568. The highest BCUT2D eigenvalue weighted by Gasteiger charge is 2.25. The summed E-state index contributed by atoms with van der Waals surface area (Å²) in [7, 11) is 3.06. The third-order valence-electron chi connectivity index (χ3n) is 4.52. The summed E-state index contributed by atoms with van der Waals surface area (Å²) in [6.07, 6.45) is 1.05. The van der Waals surface area contributed by atoms with Crippen LogP contribution in [-0.4, -0.2) is 44.2 Å². The number of nitrogens with zero attached hydrogens (tertiary/aromatic N) is 1. The molecule has 1 aliphatic rings. The van der Waals surface area contributed by atoms with Gasteiger partial charge in [-0.2, -0.15) is 0 Å². The van der Waals surface area contributed by atoms with Crippen LogP contribution in [0.25, 0.3) is 0 Å². The molecule has 2 aromatic rings. The molecule has 1 aliphatic heterocycles. The molecule has 27 heavy (non-hydrogen) atoms. The molecule has 7 heteroatoms. The third kappa shape index (κ3) is 4.48. The molecule has 3 rings (SSSR count). The quantitative estimate of drug-likeness (QED) is 0.798. The Morgan fingerprint density at radius 3 is 2.11 bits per heavy atom. The van der Waals surface area contributed by atoms with Gasteiger partial charge in [0.1, 0.15) is 23.4 Å². The minimum Gasteiger partial charge on any atom is -0.497 e. The van der Waals surface area contributed by atoms with Crippen molar-refractivity contribution in [1.82, 2.24) is 4.90 Å². The number of rotatable bonds is 5. The smallest absolute Gasteiger partial charge is 0.254 e. The summed E-state index contributed by atoms with van der Waals surface area (Å²) in [4.78, 5) is 14.5. The predicted molar refractivity (Wildman–Crippen MR) is 95.5 cm³/mol. The number of ether oxygens (including phenoxy) is 3. The van der Waals surface area contributed by atoms with Crippen LogP contribution in [-0.2, 0) is 0 Å². The Labute approximate surface area is 156 Å². The van der Waals surface area contributed by atoms with Crippen LogP contribution >= 0.6 is 0 Å². The van der Waals surface area contributed by atoms with Gasteiger partial charge in [-0.15, -0.1) is 0 Å². The lowest BCUT2D eigenvalue weighted by Gasteiger charge is -2.32. The number of methoxy groups -OCH3 is 2. The Hall–Kier alpha value is -2.83. The summed E-state index contributed by atoms with van der Waals surface area (Å²) in [5.41, 5.74) is 0.492. The number of likely N-dealkylation sites (tertiary alicyclic amines) is 1. The molecular formula is C20H21F2NO4. The van der Waals surface area contributed by atoms with Crippen molar-refractivity contribution in [2.24, 2.45) is 0 Å². The zero-order valence-corrected chi connectivity index (χ0v) is 15.2. The molecule has 0 radical (unpaired) electrons. The van der Waals surface area contributed by atoms with Crippen molar-refractivity contribution in [2.75, 3.05) is 27.3 Å². The van der Waals surface area contributed by atoms with Crippen LogP contribution in [0.15, 0.2) is 36.4 Å². The van der Waals surface area contributed by atoms with E-state index in [2.05, 4.69) is 0 Å². The maximum Gasteiger partial charge on any atom is 0.254 e. The third-order valence-corrected chi connectivity index (χ3v) is 4.52. The second-order valence-electron chi connectivity index (χ2n) is 6.29. The van der Waals surface area contributed by atoms with Crippen molar-refractivity contribution in [3.8, 4) is 17.2 Å². The van der Waals surface area contributed by atoms with Gasteiger partial charge < -0.3 is 19.1 Å². The molecule has 144 valence electrons. The maximum absolute atomic E-state index is 13.3. The standard InChI is InChI=1S/C20H21F2NO4/c1-25-16-9-13(10-17(11-16)26-2)20(24)23-7-5-14(6-8-23)27-15-3-4-18(21)19(22)12-15/h3-4,9-12,14H,5-8H2,1-2H3. The molecule has 1 saturated heterocycles. The number of benzene rings is 2. The van der Waals surface area contributed by atoms with E-state index in [1.165, 1.54) is 20.3 Å². The van der Waals surface area contributed by atoms with E-state index in [9.17, 15) is 13.6 Å². The van der Waals surface area contributed by atoms with Gasteiger partial charge in [0, 0.05) is 43.6 Å². The molecule has 0 aromatic heterocycles. The Morgan fingerprint density at radius 1 is 0.926 bits per heavy atom. The van der Waals surface area contributed by atoms with Gasteiger partial charge in [-0.25, -0.2) is 8.78 Å². The fourth-order valence-corrected chi connectivity index (χ4v) is 3.03. The van der Waals surface area contributed by atoms with Crippen molar-refractivity contribution >= 4 is 5.91 Å². The average Bonchev–Trinajstić information content (AvgIpc) is 2.70. The van der Waals surface area contributed by atoms with Crippen LogP contribution in [0, 0.1) is 11.6 Å². The van der Waals surface area contributed by atoms with E-state index >= 15 is 0 Å². The highest BCUT2D eigenvalue weighted by atomic mass is 19.2. The van der Waals surface area contributed by atoms with Crippen LogP contribution in [0.3, 0.4) is 0 Å². The molecule has 1 heterocycles. The largest absolute Gasteiger partial charge is 0.497 e. The van der Waals surface area contributed by atoms with E-state index < -0.39 is 11.6 Å². The average molecular weight is 377 g/mol. The SMILES string of the molecule is COc1cc(OC)cc(C(=O)N2CCC(Oc3ccc(F)c(F)c3)CC2)c1. The van der Waals surface area contributed by atoms with E-state index in [1.807, 2.05) is 0 Å². The number of halogens is 2. The number of amides is 1. The van der Waals surface area contributed by atoms with E-state index in [0.29, 0.717) is 43.0 Å². The molecule has 0 N–H and O–H groups in total. The number of carbonyl (C=O) groups is 1. The van der Waals surface area contributed by atoms with Gasteiger partial charge in [-0.3, -0.25) is 4.79 Å². The van der Waals surface area contributed by atoms with Gasteiger partial charge in [0.2, 0.25) is 0 Å². The van der Waals surface area contributed by atoms with Gasteiger partial charge in [-0.1, -0.05) is 0 Å². The van der Waals surface area contributed by atoms with Gasteiger partial charge in [0.05, 0.1) is 14.2 Å². The lowest BCUT2D eigenvalue weighted by molar-refractivity contribution is 0.0594. The summed E-state index contributed by atoms with van der Waals surface area (Å²) < 4.78 is 42.4. The lowest BCUT2D eigenvalue weighted by atomic mass is 10.1. The highest BCUT2D eigenvalue weighted by Crippen LogP contribution is 2.25. The van der Waals surface area contributed by atoms with Crippen LogP contribution < -0.4 is 14.2 Å². The molecule has 0 spiro atoms. The van der Waals surface area contributed by atoms with Crippen molar-refractivity contribution in [3.63, 3.8) is 0 Å². The van der Waals surface area contributed by atoms with Crippen LogP contribution in [0.2, 0.25) is 0 Å². The maximum atomic E-state index is 13.3. The zero-order chi connectivity index (χ0) is 19.4.